The molecule has 110 valence electrons. The van der Waals surface area contributed by atoms with Crippen LogP contribution >= 0.6 is 0 Å². The molecule has 1 heterocycles. The first-order chi connectivity index (χ1) is 8.85. The SMILES string of the molecule is COCCNCc1c(C)nn(CCC(C)(C)C)c1C. The molecule has 0 aliphatic heterocycles. The molecule has 0 radical (unpaired) electrons. The Hall–Kier alpha value is -0.870. The molecule has 19 heavy (non-hydrogen) atoms. The second-order valence-corrected chi connectivity index (χ2v) is 6.35. The number of aryl methyl sites for hydroxylation is 2. The smallest absolute Gasteiger partial charge is 0.0641 e. The van der Waals surface area contributed by atoms with E-state index in [1.54, 1.807) is 7.11 Å². The van der Waals surface area contributed by atoms with E-state index in [-0.39, 0.29) is 0 Å². The molecule has 0 unspecified atom stereocenters. The molecule has 0 spiro atoms. The summed E-state index contributed by atoms with van der Waals surface area (Å²) in [4.78, 5) is 0. The van der Waals surface area contributed by atoms with E-state index in [9.17, 15) is 0 Å². The average molecular weight is 267 g/mol. The lowest BCUT2D eigenvalue weighted by atomic mass is 9.92. The van der Waals surface area contributed by atoms with Gasteiger partial charge in [0.25, 0.3) is 0 Å². The average Bonchev–Trinajstić information content (AvgIpc) is 2.58. The number of aromatic nitrogens is 2. The number of methoxy groups -OCH3 is 1. The van der Waals surface area contributed by atoms with Gasteiger partial charge in [0, 0.05) is 38.0 Å². The summed E-state index contributed by atoms with van der Waals surface area (Å²) < 4.78 is 7.18. The highest BCUT2D eigenvalue weighted by Gasteiger charge is 2.14. The molecule has 0 atom stereocenters. The van der Waals surface area contributed by atoms with E-state index in [0.717, 1.165) is 38.4 Å². The van der Waals surface area contributed by atoms with Crippen molar-refractivity contribution in [1.29, 1.82) is 0 Å². The molecule has 1 aromatic rings. The molecular formula is C15H29N3O. The molecule has 4 heteroatoms. The van der Waals surface area contributed by atoms with Crippen molar-refractivity contribution in [3.8, 4) is 0 Å². The summed E-state index contributed by atoms with van der Waals surface area (Å²) in [5.74, 6) is 0. The number of nitrogens with zero attached hydrogens (tertiary/aromatic N) is 2. The van der Waals surface area contributed by atoms with Gasteiger partial charge in [0.2, 0.25) is 0 Å². The van der Waals surface area contributed by atoms with Gasteiger partial charge < -0.3 is 10.1 Å². The molecule has 1 N–H and O–H groups in total. The van der Waals surface area contributed by atoms with Gasteiger partial charge in [-0.1, -0.05) is 20.8 Å². The largest absolute Gasteiger partial charge is 0.383 e. The van der Waals surface area contributed by atoms with Gasteiger partial charge >= 0.3 is 0 Å². The van der Waals surface area contributed by atoms with E-state index in [2.05, 4.69) is 49.7 Å². The van der Waals surface area contributed by atoms with Crippen LogP contribution < -0.4 is 5.32 Å². The molecule has 1 aromatic heterocycles. The third kappa shape index (κ3) is 5.33. The molecule has 0 amide bonds. The van der Waals surface area contributed by atoms with Crippen LogP contribution in [0, 0.1) is 19.3 Å². The van der Waals surface area contributed by atoms with E-state index in [0.29, 0.717) is 5.41 Å². The monoisotopic (exact) mass is 267 g/mol. The van der Waals surface area contributed by atoms with E-state index >= 15 is 0 Å². The molecular weight excluding hydrogens is 238 g/mol. The highest BCUT2D eigenvalue weighted by atomic mass is 16.5. The molecule has 1 rings (SSSR count). The Labute approximate surface area is 117 Å². The zero-order chi connectivity index (χ0) is 14.5. The first kappa shape index (κ1) is 16.2. The Balaban J connectivity index is 2.61. The lowest BCUT2D eigenvalue weighted by molar-refractivity contribution is 0.199. The van der Waals surface area contributed by atoms with Gasteiger partial charge in [0.15, 0.2) is 0 Å². The second-order valence-electron chi connectivity index (χ2n) is 6.35. The molecule has 0 saturated heterocycles. The van der Waals surface area contributed by atoms with Crippen molar-refractivity contribution >= 4 is 0 Å². The third-order valence-corrected chi connectivity index (χ3v) is 3.39. The van der Waals surface area contributed by atoms with Crippen molar-refractivity contribution in [3.05, 3.63) is 17.0 Å². The Bertz CT molecular complexity index is 391. The van der Waals surface area contributed by atoms with E-state index < -0.39 is 0 Å². The number of hydrogen-bond acceptors (Lipinski definition) is 3. The quantitative estimate of drug-likeness (QED) is 0.772. The predicted octanol–water partition coefficient (Wildman–Crippen LogP) is 2.67. The van der Waals surface area contributed by atoms with Crippen molar-refractivity contribution < 1.29 is 4.74 Å². The fourth-order valence-corrected chi connectivity index (χ4v) is 2.04. The molecule has 0 aliphatic carbocycles. The molecule has 0 saturated carbocycles. The van der Waals surface area contributed by atoms with E-state index in [1.807, 2.05) is 0 Å². The maximum atomic E-state index is 5.04. The van der Waals surface area contributed by atoms with Crippen LogP contribution in [0.1, 0.15) is 44.1 Å². The highest BCUT2D eigenvalue weighted by molar-refractivity contribution is 5.24. The Kier molecular flexibility index (Phi) is 6.01. The maximum absolute atomic E-state index is 5.04. The Morgan fingerprint density at radius 2 is 1.95 bits per heavy atom. The predicted molar refractivity (Wildman–Crippen MR) is 79.4 cm³/mol. The fraction of sp³-hybridized carbons (Fsp3) is 0.800. The third-order valence-electron chi connectivity index (χ3n) is 3.39. The summed E-state index contributed by atoms with van der Waals surface area (Å²) in [6.07, 6.45) is 1.14. The van der Waals surface area contributed by atoms with E-state index in [4.69, 9.17) is 4.74 Å². The summed E-state index contributed by atoms with van der Waals surface area (Å²) in [6.45, 7) is 14.6. The summed E-state index contributed by atoms with van der Waals surface area (Å²) >= 11 is 0. The van der Waals surface area contributed by atoms with Crippen LogP contribution in [0.15, 0.2) is 0 Å². The fourth-order valence-electron chi connectivity index (χ4n) is 2.04. The van der Waals surface area contributed by atoms with Crippen molar-refractivity contribution in [1.82, 2.24) is 15.1 Å². The van der Waals surface area contributed by atoms with Gasteiger partial charge in [-0.15, -0.1) is 0 Å². The van der Waals surface area contributed by atoms with Gasteiger partial charge in [-0.2, -0.15) is 5.10 Å². The van der Waals surface area contributed by atoms with Crippen LogP contribution in [0.2, 0.25) is 0 Å². The first-order valence-electron chi connectivity index (χ1n) is 7.07. The number of hydrogen-bond donors (Lipinski definition) is 1. The summed E-state index contributed by atoms with van der Waals surface area (Å²) in [6, 6.07) is 0. The number of rotatable bonds is 7. The minimum Gasteiger partial charge on any atom is -0.383 e. The molecule has 4 nitrogen and oxygen atoms in total. The van der Waals surface area contributed by atoms with Crippen LogP contribution in [0.5, 0.6) is 0 Å². The molecule has 0 bridgehead atoms. The van der Waals surface area contributed by atoms with Gasteiger partial charge in [-0.25, -0.2) is 0 Å². The standard InChI is InChI=1S/C15H29N3O/c1-12-14(11-16-8-10-19-6)13(2)18(17-12)9-7-15(3,4)5/h16H,7-11H2,1-6H3. The first-order valence-corrected chi connectivity index (χ1v) is 7.07. The molecule has 0 fully saturated rings. The highest BCUT2D eigenvalue weighted by Crippen LogP contribution is 2.21. The lowest BCUT2D eigenvalue weighted by Gasteiger charge is -2.18. The van der Waals surface area contributed by atoms with Gasteiger partial charge in [-0.3, -0.25) is 4.68 Å². The van der Waals surface area contributed by atoms with Crippen LogP contribution in [0.4, 0.5) is 0 Å². The maximum Gasteiger partial charge on any atom is 0.0641 e. The lowest BCUT2D eigenvalue weighted by Crippen LogP contribution is -2.19. The number of ether oxygens (including phenoxy) is 1. The summed E-state index contributed by atoms with van der Waals surface area (Å²) in [5.41, 5.74) is 4.09. The zero-order valence-corrected chi connectivity index (χ0v) is 13.3. The zero-order valence-electron chi connectivity index (χ0n) is 13.3. The topological polar surface area (TPSA) is 39.1 Å². The molecule has 0 aromatic carbocycles. The van der Waals surface area contributed by atoms with Crippen LogP contribution in [-0.2, 0) is 17.8 Å². The van der Waals surface area contributed by atoms with Crippen LogP contribution in [0.3, 0.4) is 0 Å². The van der Waals surface area contributed by atoms with Crippen molar-refractivity contribution in [3.63, 3.8) is 0 Å². The normalized spacial score (nSPS) is 12.1. The van der Waals surface area contributed by atoms with Crippen molar-refractivity contribution in [2.45, 2.75) is 54.1 Å². The van der Waals surface area contributed by atoms with Gasteiger partial charge in [0.05, 0.1) is 12.3 Å². The van der Waals surface area contributed by atoms with Gasteiger partial charge in [-0.05, 0) is 25.7 Å². The minimum atomic E-state index is 0.350. The van der Waals surface area contributed by atoms with Gasteiger partial charge in [0.1, 0.15) is 0 Å². The van der Waals surface area contributed by atoms with Crippen LogP contribution in [0.25, 0.3) is 0 Å². The number of nitrogens with one attached hydrogen (secondary N) is 1. The summed E-state index contributed by atoms with van der Waals surface area (Å²) in [7, 11) is 1.72. The van der Waals surface area contributed by atoms with Crippen molar-refractivity contribution in [2.24, 2.45) is 5.41 Å². The van der Waals surface area contributed by atoms with E-state index in [1.165, 1.54) is 11.3 Å². The Morgan fingerprint density at radius 1 is 1.26 bits per heavy atom. The Morgan fingerprint density at radius 3 is 2.53 bits per heavy atom. The second kappa shape index (κ2) is 7.06. The van der Waals surface area contributed by atoms with Crippen molar-refractivity contribution in [2.75, 3.05) is 20.3 Å². The summed E-state index contributed by atoms with van der Waals surface area (Å²) in [5, 5.41) is 8.05. The van der Waals surface area contributed by atoms with Crippen LogP contribution in [-0.4, -0.2) is 30.0 Å². The minimum absolute atomic E-state index is 0.350. The molecule has 0 aliphatic rings.